The molecule has 4 heteroatoms. The van der Waals surface area contributed by atoms with Crippen LogP contribution in [0, 0.1) is 0 Å². The van der Waals surface area contributed by atoms with Crippen molar-refractivity contribution < 1.29 is 0 Å². The van der Waals surface area contributed by atoms with Gasteiger partial charge in [-0.3, -0.25) is 4.79 Å². The van der Waals surface area contributed by atoms with Crippen LogP contribution >= 0.6 is 11.6 Å². The molecule has 0 unspecified atom stereocenters. The summed E-state index contributed by atoms with van der Waals surface area (Å²) in [6.07, 6.45) is 0. The van der Waals surface area contributed by atoms with E-state index in [0.29, 0.717) is 11.6 Å². The molecule has 0 N–H and O–H groups in total. The van der Waals surface area contributed by atoms with Crippen molar-refractivity contribution in [2.45, 2.75) is 6.54 Å². The van der Waals surface area contributed by atoms with Crippen molar-refractivity contribution in [2.24, 2.45) is 0 Å². The van der Waals surface area contributed by atoms with Gasteiger partial charge in [-0.2, -0.15) is 5.10 Å². The van der Waals surface area contributed by atoms with Crippen molar-refractivity contribution in [3.05, 3.63) is 99.8 Å². The predicted molar refractivity (Wildman–Crippen MR) is 102 cm³/mol. The summed E-state index contributed by atoms with van der Waals surface area (Å²) < 4.78 is 1.47. The molecule has 0 aliphatic rings. The first-order valence-corrected chi connectivity index (χ1v) is 8.39. The number of rotatable bonds is 3. The smallest absolute Gasteiger partial charge is 0.267 e. The molecular formula is C21H15ClN2O. The molecule has 0 spiro atoms. The van der Waals surface area contributed by atoms with Gasteiger partial charge >= 0.3 is 0 Å². The summed E-state index contributed by atoms with van der Waals surface area (Å²) in [7, 11) is 0. The highest BCUT2D eigenvalue weighted by Gasteiger charge is 2.08. The monoisotopic (exact) mass is 346 g/mol. The molecule has 0 saturated heterocycles. The van der Waals surface area contributed by atoms with Crippen LogP contribution in [-0.2, 0) is 6.54 Å². The lowest BCUT2D eigenvalue weighted by atomic mass is 10.0. The van der Waals surface area contributed by atoms with Gasteiger partial charge < -0.3 is 0 Å². The lowest BCUT2D eigenvalue weighted by molar-refractivity contribution is 0.643. The summed E-state index contributed by atoms with van der Waals surface area (Å²) >= 11 is 6.04. The van der Waals surface area contributed by atoms with Crippen LogP contribution in [0.3, 0.4) is 0 Å². The van der Waals surface area contributed by atoms with E-state index < -0.39 is 0 Å². The quantitative estimate of drug-likeness (QED) is 0.536. The molecule has 1 heterocycles. The Morgan fingerprint density at radius 2 is 1.68 bits per heavy atom. The Balaban J connectivity index is 1.80. The van der Waals surface area contributed by atoms with Crippen molar-refractivity contribution in [1.82, 2.24) is 9.78 Å². The third-order valence-corrected chi connectivity index (χ3v) is 4.39. The molecule has 0 radical (unpaired) electrons. The fourth-order valence-electron chi connectivity index (χ4n) is 2.96. The third-order valence-electron chi connectivity index (χ3n) is 4.15. The third kappa shape index (κ3) is 3.19. The predicted octanol–water partition coefficient (Wildman–Crippen LogP) is 4.77. The fourth-order valence-corrected chi connectivity index (χ4v) is 3.18. The normalized spacial score (nSPS) is 10.9. The molecule has 0 aliphatic carbocycles. The van der Waals surface area contributed by atoms with Crippen molar-refractivity contribution in [1.29, 1.82) is 0 Å². The largest absolute Gasteiger partial charge is 0.268 e. The van der Waals surface area contributed by atoms with Gasteiger partial charge in [-0.15, -0.1) is 0 Å². The summed E-state index contributed by atoms with van der Waals surface area (Å²) in [5.74, 6) is 0. The Hall–Kier alpha value is -2.91. The second kappa shape index (κ2) is 6.54. The van der Waals surface area contributed by atoms with E-state index in [1.165, 1.54) is 4.68 Å². The molecule has 25 heavy (non-hydrogen) atoms. The van der Waals surface area contributed by atoms with Crippen LogP contribution in [0.4, 0.5) is 0 Å². The van der Waals surface area contributed by atoms with Crippen LogP contribution in [0.5, 0.6) is 0 Å². The van der Waals surface area contributed by atoms with Crippen molar-refractivity contribution in [3.63, 3.8) is 0 Å². The number of hydrogen-bond acceptors (Lipinski definition) is 2. The Bertz CT molecular complexity index is 1110. The molecule has 0 fully saturated rings. The second-order valence-electron chi connectivity index (χ2n) is 5.87. The highest BCUT2D eigenvalue weighted by atomic mass is 35.5. The van der Waals surface area contributed by atoms with E-state index in [0.717, 1.165) is 27.6 Å². The number of aromatic nitrogens is 2. The molecule has 0 aliphatic heterocycles. The lowest BCUT2D eigenvalue weighted by Crippen LogP contribution is -2.22. The van der Waals surface area contributed by atoms with Crippen LogP contribution < -0.4 is 5.56 Å². The summed E-state index contributed by atoms with van der Waals surface area (Å²) in [6.45, 7) is 0.387. The molecule has 3 nitrogen and oxygen atoms in total. The minimum atomic E-state index is -0.135. The number of halogens is 1. The summed E-state index contributed by atoms with van der Waals surface area (Å²) in [5, 5.41) is 7.49. The number of nitrogens with zero attached hydrogens (tertiary/aromatic N) is 2. The molecule has 3 aromatic carbocycles. The van der Waals surface area contributed by atoms with Gasteiger partial charge in [-0.1, -0.05) is 66.2 Å². The van der Waals surface area contributed by atoms with E-state index in [9.17, 15) is 4.79 Å². The van der Waals surface area contributed by atoms with Gasteiger partial charge in [0.05, 0.1) is 12.2 Å². The second-order valence-corrected chi connectivity index (χ2v) is 6.31. The number of fused-ring (bicyclic) bond motifs is 1. The van der Waals surface area contributed by atoms with E-state index in [1.54, 1.807) is 12.1 Å². The van der Waals surface area contributed by atoms with Gasteiger partial charge in [0.1, 0.15) is 0 Å². The van der Waals surface area contributed by atoms with Gasteiger partial charge in [-0.05, 0) is 34.5 Å². The highest BCUT2D eigenvalue weighted by molar-refractivity contribution is 6.30. The highest BCUT2D eigenvalue weighted by Crippen LogP contribution is 2.26. The Morgan fingerprint density at radius 3 is 2.56 bits per heavy atom. The minimum absolute atomic E-state index is 0.135. The van der Waals surface area contributed by atoms with Crippen LogP contribution in [0.2, 0.25) is 5.02 Å². The number of benzene rings is 3. The zero-order valence-electron chi connectivity index (χ0n) is 13.4. The lowest BCUT2D eigenvalue weighted by Gasteiger charge is -2.10. The van der Waals surface area contributed by atoms with Crippen LogP contribution in [0.15, 0.2) is 83.7 Å². The number of hydrogen-bond donors (Lipinski definition) is 0. The molecule has 4 aromatic rings. The first kappa shape index (κ1) is 15.6. The van der Waals surface area contributed by atoms with Gasteiger partial charge in [-0.25, -0.2) is 4.68 Å². The van der Waals surface area contributed by atoms with E-state index in [4.69, 9.17) is 11.6 Å². The average Bonchev–Trinajstić information content (AvgIpc) is 2.63. The molecule has 0 bridgehead atoms. The summed E-state index contributed by atoms with van der Waals surface area (Å²) in [6, 6.07) is 25.1. The fraction of sp³-hybridized carbons (Fsp3) is 0.0476. The molecule has 1 aromatic heterocycles. The topological polar surface area (TPSA) is 34.9 Å². The molecular weight excluding hydrogens is 332 g/mol. The Morgan fingerprint density at radius 1 is 0.880 bits per heavy atom. The maximum absolute atomic E-state index is 12.2. The Kier molecular flexibility index (Phi) is 4.08. The van der Waals surface area contributed by atoms with E-state index in [2.05, 4.69) is 23.3 Å². The minimum Gasteiger partial charge on any atom is -0.268 e. The van der Waals surface area contributed by atoms with Gasteiger partial charge in [0.25, 0.3) is 5.56 Å². The van der Waals surface area contributed by atoms with Crippen LogP contribution in [0.1, 0.15) is 5.56 Å². The maximum atomic E-state index is 12.2. The summed E-state index contributed by atoms with van der Waals surface area (Å²) in [4.78, 5) is 12.2. The van der Waals surface area contributed by atoms with Gasteiger partial charge in [0.15, 0.2) is 0 Å². The van der Waals surface area contributed by atoms with E-state index in [1.807, 2.05) is 48.5 Å². The maximum Gasteiger partial charge on any atom is 0.267 e. The van der Waals surface area contributed by atoms with Crippen molar-refractivity contribution >= 4 is 22.4 Å². The molecule has 0 saturated carbocycles. The van der Waals surface area contributed by atoms with Crippen molar-refractivity contribution in [3.8, 4) is 11.3 Å². The van der Waals surface area contributed by atoms with Crippen LogP contribution in [0.25, 0.3) is 22.0 Å². The van der Waals surface area contributed by atoms with Gasteiger partial charge in [0, 0.05) is 16.7 Å². The van der Waals surface area contributed by atoms with E-state index >= 15 is 0 Å². The molecule has 0 amide bonds. The Labute approximate surface area is 150 Å². The van der Waals surface area contributed by atoms with E-state index in [-0.39, 0.29) is 5.56 Å². The van der Waals surface area contributed by atoms with Gasteiger partial charge in [0.2, 0.25) is 0 Å². The zero-order valence-corrected chi connectivity index (χ0v) is 14.1. The SMILES string of the molecule is O=c1ccc(-c2cccc3ccccc23)nn1Cc1cccc(Cl)c1. The van der Waals surface area contributed by atoms with Crippen molar-refractivity contribution in [2.75, 3.05) is 0 Å². The molecule has 122 valence electrons. The van der Waals surface area contributed by atoms with Crippen LogP contribution in [-0.4, -0.2) is 9.78 Å². The molecule has 0 atom stereocenters. The average molecular weight is 347 g/mol. The first-order chi connectivity index (χ1) is 12.2. The standard InChI is InChI=1S/C21H15ClN2O/c22-17-8-3-5-15(13-17)14-24-21(25)12-11-20(23-24)19-10-4-7-16-6-1-2-9-18(16)19/h1-13H,14H2. The first-order valence-electron chi connectivity index (χ1n) is 8.01. The summed E-state index contributed by atoms with van der Waals surface area (Å²) in [5.41, 5.74) is 2.59. The zero-order chi connectivity index (χ0) is 17.2. The molecule has 4 rings (SSSR count).